The summed E-state index contributed by atoms with van der Waals surface area (Å²) in [5, 5.41) is 0. The first-order valence-corrected chi connectivity index (χ1v) is 7.82. The minimum absolute atomic E-state index is 0.0140. The van der Waals surface area contributed by atoms with Gasteiger partial charge in [0.15, 0.2) is 0 Å². The molecule has 3 rings (SSSR count). The minimum atomic E-state index is -0.244. The third-order valence-electron chi connectivity index (χ3n) is 5.24. The quantitative estimate of drug-likeness (QED) is 0.754. The van der Waals surface area contributed by atoms with Crippen molar-refractivity contribution in [2.45, 2.75) is 50.4 Å². The van der Waals surface area contributed by atoms with Crippen molar-refractivity contribution in [1.82, 2.24) is 9.80 Å². The van der Waals surface area contributed by atoms with Crippen LogP contribution in [0.5, 0.6) is 0 Å². The van der Waals surface area contributed by atoms with Crippen molar-refractivity contribution in [2.75, 3.05) is 33.4 Å². The number of hydrogen-bond acceptors (Lipinski definition) is 4. The lowest BCUT2D eigenvalue weighted by Crippen LogP contribution is -2.53. The highest BCUT2D eigenvalue weighted by Gasteiger charge is 2.46. The van der Waals surface area contributed by atoms with E-state index in [1.54, 1.807) is 7.11 Å². The normalized spacial score (nSPS) is 31.0. The zero-order valence-corrected chi connectivity index (χ0v) is 12.8. The van der Waals surface area contributed by atoms with E-state index < -0.39 is 0 Å². The Morgan fingerprint density at radius 3 is 2.76 bits per heavy atom. The summed E-state index contributed by atoms with van der Waals surface area (Å²) in [6.07, 6.45) is 3.47. The number of amides is 2. The SMILES string of the molecule is CCN1C(=O)CO[C@@H]2CN(C(=O)CC3(OC)CCC3)C[C@H]21. The van der Waals surface area contributed by atoms with E-state index in [1.165, 1.54) is 0 Å². The molecular weight excluding hydrogens is 272 g/mol. The van der Waals surface area contributed by atoms with Crippen LogP contribution in [0.3, 0.4) is 0 Å². The second-order valence-electron chi connectivity index (χ2n) is 6.31. The van der Waals surface area contributed by atoms with Crippen molar-refractivity contribution in [1.29, 1.82) is 0 Å². The molecule has 2 amide bonds. The Kier molecular flexibility index (Phi) is 3.92. The topological polar surface area (TPSA) is 59.1 Å². The van der Waals surface area contributed by atoms with Gasteiger partial charge in [0, 0.05) is 26.7 Å². The smallest absolute Gasteiger partial charge is 0.248 e. The van der Waals surface area contributed by atoms with Gasteiger partial charge in [-0.2, -0.15) is 0 Å². The monoisotopic (exact) mass is 296 g/mol. The van der Waals surface area contributed by atoms with Crippen molar-refractivity contribution in [3.8, 4) is 0 Å². The Labute approximate surface area is 125 Å². The highest BCUT2D eigenvalue weighted by atomic mass is 16.5. The van der Waals surface area contributed by atoms with E-state index in [4.69, 9.17) is 9.47 Å². The van der Waals surface area contributed by atoms with Crippen LogP contribution >= 0.6 is 0 Å². The summed E-state index contributed by atoms with van der Waals surface area (Å²) in [6, 6.07) is 0.0140. The first kappa shape index (κ1) is 14.8. The van der Waals surface area contributed by atoms with Gasteiger partial charge in [-0.15, -0.1) is 0 Å². The fourth-order valence-electron chi connectivity index (χ4n) is 3.69. The average Bonchev–Trinajstić information content (AvgIpc) is 2.86. The number of fused-ring (bicyclic) bond motifs is 1. The predicted octanol–water partition coefficient (Wildman–Crippen LogP) is 0.404. The third-order valence-corrected chi connectivity index (χ3v) is 5.24. The molecule has 118 valence electrons. The molecule has 2 heterocycles. The molecule has 0 aromatic carbocycles. The molecule has 2 saturated heterocycles. The standard InChI is InChI=1S/C15H24N2O4/c1-3-17-11-8-16(9-12(11)21-10-14(17)19)13(18)7-15(20-2)5-4-6-15/h11-12H,3-10H2,1-2H3/t11-,12-/m1/s1. The molecule has 2 atom stereocenters. The minimum Gasteiger partial charge on any atom is -0.378 e. The Morgan fingerprint density at radius 1 is 1.43 bits per heavy atom. The fourth-order valence-corrected chi connectivity index (χ4v) is 3.69. The van der Waals surface area contributed by atoms with Gasteiger partial charge in [-0.25, -0.2) is 0 Å². The highest BCUT2D eigenvalue weighted by molar-refractivity contribution is 5.80. The van der Waals surface area contributed by atoms with Crippen LogP contribution in [-0.2, 0) is 19.1 Å². The van der Waals surface area contributed by atoms with Crippen molar-refractivity contribution in [2.24, 2.45) is 0 Å². The number of carbonyl (C=O) groups excluding carboxylic acids is 2. The maximum atomic E-state index is 12.5. The van der Waals surface area contributed by atoms with Crippen LogP contribution in [0.15, 0.2) is 0 Å². The van der Waals surface area contributed by atoms with Crippen LogP contribution in [0.4, 0.5) is 0 Å². The van der Waals surface area contributed by atoms with Crippen LogP contribution in [-0.4, -0.2) is 72.7 Å². The second kappa shape index (κ2) is 5.57. The van der Waals surface area contributed by atoms with Gasteiger partial charge >= 0.3 is 0 Å². The van der Waals surface area contributed by atoms with Gasteiger partial charge in [0.05, 0.1) is 24.2 Å². The number of likely N-dealkylation sites (N-methyl/N-ethyl adjacent to an activating group) is 1. The van der Waals surface area contributed by atoms with E-state index in [0.717, 1.165) is 19.3 Å². The van der Waals surface area contributed by atoms with Gasteiger partial charge in [-0.05, 0) is 26.2 Å². The molecule has 0 unspecified atom stereocenters. The highest BCUT2D eigenvalue weighted by Crippen LogP contribution is 2.39. The van der Waals surface area contributed by atoms with E-state index >= 15 is 0 Å². The van der Waals surface area contributed by atoms with Crippen LogP contribution in [0, 0.1) is 0 Å². The van der Waals surface area contributed by atoms with Crippen molar-refractivity contribution >= 4 is 11.8 Å². The number of methoxy groups -OCH3 is 1. The summed E-state index contributed by atoms with van der Waals surface area (Å²) in [5.41, 5.74) is -0.244. The largest absolute Gasteiger partial charge is 0.378 e. The molecule has 1 saturated carbocycles. The van der Waals surface area contributed by atoms with Gasteiger partial charge < -0.3 is 19.3 Å². The molecule has 6 nitrogen and oxygen atoms in total. The van der Waals surface area contributed by atoms with Gasteiger partial charge in [0.2, 0.25) is 11.8 Å². The van der Waals surface area contributed by atoms with Gasteiger partial charge in [0.1, 0.15) is 6.61 Å². The molecule has 0 bridgehead atoms. The molecule has 0 spiro atoms. The van der Waals surface area contributed by atoms with E-state index in [9.17, 15) is 9.59 Å². The number of nitrogens with zero attached hydrogens (tertiary/aromatic N) is 2. The first-order chi connectivity index (χ1) is 10.1. The molecule has 1 aliphatic carbocycles. The summed E-state index contributed by atoms with van der Waals surface area (Å²) >= 11 is 0. The van der Waals surface area contributed by atoms with Crippen LogP contribution < -0.4 is 0 Å². The lowest BCUT2D eigenvalue weighted by molar-refractivity contribution is -0.152. The number of morpholine rings is 1. The van der Waals surface area contributed by atoms with E-state index in [-0.39, 0.29) is 36.2 Å². The Bertz CT molecular complexity index is 430. The maximum Gasteiger partial charge on any atom is 0.248 e. The molecule has 0 aromatic heterocycles. The number of likely N-dealkylation sites (tertiary alicyclic amines) is 1. The van der Waals surface area contributed by atoms with Crippen molar-refractivity contribution in [3.05, 3.63) is 0 Å². The summed E-state index contributed by atoms with van der Waals surface area (Å²) in [5.74, 6) is 0.151. The molecule has 3 fully saturated rings. The predicted molar refractivity (Wildman–Crippen MR) is 75.7 cm³/mol. The Balaban J connectivity index is 1.63. The molecular formula is C15H24N2O4. The molecule has 3 aliphatic rings. The lowest BCUT2D eigenvalue weighted by atomic mass is 9.77. The number of hydrogen-bond donors (Lipinski definition) is 0. The second-order valence-corrected chi connectivity index (χ2v) is 6.31. The maximum absolute atomic E-state index is 12.5. The van der Waals surface area contributed by atoms with E-state index in [1.807, 2.05) is 16.7 Å². The summed E-state index contributed by atoms with van der Waals surface area (Å²) < 4.78 is 11.1. The molecule has 2 aliphatic heterocycles. The van der Waals surface area contributed by atoms with Crippen molar-refractivity contribution in [3.63, 3.8) is 0 Å². The van der Waals surface area contributed by atoms with Gasteiger partial charge in [-0.1, -0.05) is 0 Å². The average molecular weight is 296 g/mol. The number of rotatable bonds is 4. The number of ether oxygens (including phenoxy) is 2. The zero-order chi connectivity index (χ0) is 15.0. The fraction of sp³-hybridized carbons (Fsp3) is 0.867. The molecule has 6 heteroatoms. The lowest BCUT2D eigenvalue weighted by Gasteiger charge is -2.40. The summed E-state index contributed by atoms with van der Waals surface area (Å²) in [4.78, 5) is 28.1. The van der Waals surface area contributed by atoms with Crippen LogP contribution in [0.25, 0.3) is 0 Å². The van der Waals surface area contributed by atoms with E-state index in [2.05, 4.69) is 0 Å². The summed E-state index contributed by atoms with van der Waals surface area (Å²) in [6.45, 7) is 3.96. The third kappa shape index (κ3) is 2.55. The van der Waals surface area contributed by atoms with Crippen LogP contribution in [0.1, 0.15) is 32.6 Å². The van der Waals surface area contributed by atoms with Gasteiger partial charge in [0.25, 0.3) is 0 Å². The molecule has 21 heavy (non-hydrogen) atoms. The van der Waals surface area contributed by atoms with Crippen LogP contribution in [0.2, 0.25) is 0 Å². The zero-order valence-electron chi connectivity index (χ0n) is 12.8. The van der Waals surface area contributed by atoms with Crippen molar-refractivity contribution < 1.29 is 19.1 Å². The molecule has 0 aromatic rings. The number of carbonyl (C=O) groups is 2. The Morgan fingerprint density at radius 2 is 2.19 bits per heavy atom. The van der Waals surface area contributed by atoms with E-state index in [0.29, 0.717) is 26.1 Å². The first-order valence-electron chi connectivity index (χ1n) is 7.82. The summed E-state index contributed by atoms with van der Waals surface area (Å²) in [7, 11) is 1.69. The Hall–Kier alpha value is -1.14. The molecule has 0 radical (unpaired) electrons. The molecule has 0 N–H and O–H groups in total. The van der Waals surface area contributed by atoms with Gasteiger partial charge in [-0.3, -0.25) is 9.59 Å².